The summed E-state index contributed by atoms with van der Waals surface area (Å²) < 4.78 is 6.29. The van der Waals surface area contributed by atoms with Gasteiger partial charge in [0.25, 0.3) is 0 Å². The molecule has 4 heteroatoms. The van der Waals surface area contributed by atoms with Crippen molar-refractivity contribution in [3.8, 4) is 6.07 Å². The molecule has 1 aromatic carbocycles. The van der Waals surface area contributed by atoms with E-state index in [1.807, 2.05) is 18.2 Å². The number of halogens is 1. The number of anilines is 1. The van der Waals surface area contributed by atoms with Crippen LogP contribution in [-0.4, -0.2) is 25.8 Å². The fourth-order valence-corrected chi connectivity index (χ4v) is 2.96. The van der Waals surface area contributed by atoms with E-state index in [0.717, 1.165) is 23.9 Å². The molecule has 0 amide bonds. The Balaban J connectivity index is 2.17. The average Bonchev–Trinajstić information content (AvgIpc) is 2.38. The van der Waals surface area contributed by atoms with Gasteiger partial charge in [0.05, 0.1) is 11.7 Å². The molecular formula is C14H17BrN2O. The number of benzene rings is 1. The van der Waals surface area contributed by atoms with Crippen molar-refractivity contribution >= 4 is 21.6 Å². The monoisotopic (exact) mass is 308 g/mol. The van der Waals surface area contributed by atoms with Crippen LogP contribution in [-0.2, 0) is 4.74 Å². The van der Waals surface area contributed by atoms with Crippen LogP contribution in [0.5, 0.6) is 0 Å². The third-order valence-electron chi connectivity index (χ3n) is 3.57. The molecule has 1 aliphatic rings. The van der Waals surface area contributed by atoms with Gasteiger partial charge in [0.2, 0.25) is 0 Å². The molecule has 0 aromatic heterocycles. The van der Waals surface area contributed by atoms with Gasteiger partial charge in [-0.25, -0.2) is 0 Å². The summed E-state index contributed by atoms with van der Waals surface area (Å²) in [6, 6.07) is 8.55. The molecular weight excluding hydrogens is 292 g/mol. The largest absolute Gasteiger partial charge is 0.381 e. The third-order valence-corrected chi connectivity index (χ3v) is 4.22. The number of nitrogens with zero attached hydrogens (tertiary/aromatic N) is 2. The molecule has 1 heterocycles. The van der Waals surface area contributed by atoms with E-state index in [0.29, 0.717) is 17.7 Å². The maximum Gasteiger partial charge on any atom is 0.100 e. The fraction of sp³-hybridized carbons (Fsp3) is 0.500. The third kappa shape index (κ3) is 2.68. The molecule has 0 spiro atoms. The quantitative estimate of drug-likeness (QED) is 0.841. The lowest BCUT2D eigenvalue weighted by atomic mass is 9.99. The molecule has 0 saturated carbocycles. The molecule has 2 rings (SSSR count). The summed E-state index contributed by atoms with van der Waals surface area (Å²) in [5.41, 5.74) is 1.85. The first-order chi connectivity index (χ1) is 8.65. The predicted molar refractivity (Wildman–Crippen MR) is 75.7 cm³/mol. The lowest BCUT2D eigenvalue weighted by molar-refractivity contribution is 0.0721. The number of piperidine rings is 1. The number of ether oxygens (including phenoxy) is 1. The van der Waals surface area contributed by atoms with E-state index in [9.17, 15) is 0 Å². The van der Waals surface area contributed by atoms with E-state index in [4.69, 9.17) is 10.00 Å². The van der Waals surface area contributed by atoms with Crippen molar-refractivity contribution in [2.24, 2.45) is 0 Å². The maximum absolute atomic E-state index is 8.93. The van der Waals surface area contributed by atoms with E-state index >= 15 is 0 Å². The Bertz CT molecular complexity index is 469. The molecule has 0 radical (unpaired) electrons. The molecule has 2 atom stereocenters. The second-order valence-corrected chi connectivity index (χ2v) is 5.55. The summed E-state index contributed by atoms with van der Waals surface area (Å²) in [4.78, 5) is 2.38. The lowest BCUT2D eigenvalue weighted by Gasteiger charge is -2.38. The van der Waals surface area contributed by atoms with Gasteiger partial charge in [-0.05, 0) is 53.9 Å². The molecule has 0 bridgehead atoms. The Hall–Kier alpha value is -1.05. The van der Waals surface area contributed by atoms with E-state index < -0.39 is 0 Å². The summed E-state index contributed by atoms with van der Waals surface area (Å²) in [6.45, 7) is 3.22. The van der Waals surface area contributed by atoms with Gasteiger partial charge >= 0.3 is 0 Å². The first-order valence-corrected chi connectivity index (χ1v) is 6.94. The first-order valence-electron chi connectivity index (χ1n) is 6.14. The van der Waals surface area contributed by atoms with Gasteiger partial charge < -0.3 is 9.64 Å². The van der Waals surface area contributed by atoms with E-state index in [1.54, 1.807) is 7.11 Å². The van der Waals surface area contributed by atoms with Crippen LogP contribution >= 0.6 is 15.9 Å². The fourth-order valence-electron chi connectivity index (χ4n) is 2.50. The van der Waals surface area contributed by atoms with Gasteiger partial charge in [0, 0.05) is 29.9 Å². The number of rotatable bonds is 2. The number of hydrogen-bond donors (Lipinski definition) is 0. The minimum absolute atomic E-state index is 0.373. The van der Waals surface area contributed by atoms with Crippen LogP contribution in [0.4, 0.5) is 5.69 Å². The van der Waals surface area contributed by atoms with Crippen molar-refractivity contribution < 1.29 is 4.74 Å². The van der Waals surface area contributed by atoms with Gasteiger partial charge in [0.1, 0.15) is 6.07 Å². The van der Waals surface area contributed by atoms with E-state index in [-0.39, 0.29) is 0 Å². The summed E-state index contributed by atoms with van der Waals surface area (Å²) in [6.07, 6.45) is 2.48. The lowest BCUT2D eigenvalue weighted by Crippen LogP contribution is -2.43. The maximum atomic E-state index is 8.93. The van der Waals surface area contributed by atoms with Crippen LogP contribution in [0, 0.1) is 11.3 Å². The number of hydrogen-bond acceptors (Lipinski definition) is 3. The van der Waals surface area contributed by atoms with Gasteiger partial charge in [-0.2, -0.15) is 5.26 Å². The topological polar surface area (TPSA) is 36.3 Å². The van der Waals surface area contributed by atoms with Crippen molar-refractivity contribution in [2.45, 2.75) is 31.9 Å². The number of methoxy groups -OCH3 is 1. The van der Waals surface area contributed by atoms with Gasteiger partial charge in [-0.3, -0.25) is 0 Å². The Morgan fingerprint density at radius 2 is 2.28 bits per heavy atom. The highest BCUT2D eigenvalue weighted by molar-refractivity contribution is 9.10. The molecule has 3 nitrogen and oxygen atoms in total. The molecule has 0 N–H and O–H groups in total. The Morgan fingerprint density at radius 3 is 2.83 bits per heavy atom. The SMILES string of the molecule is COC1CCN(c2ccc(C#N)c(Br)c2)C(C)C1. The zero-order valence-electron chi connectivity index (χ0n) is 10.7. The van der Waals surface area contributed by atoms with Crippen molar-refractivity contribution in [3.63, 3.8) is 0 Å². The first kappa shape index (κ1) is 13.4. The molecule has 1 saturated heterocycles. The van der Waals surface area contributed by atoms with Crippen LogP contribution in [0.15, 0.2) is 22.7 Å². The average molecular weight is 309 g/mol. The Kier molecular flexibility index (Phi) is 4.26. The van der Waals surface area contributed by atoms with Crippen molar-refractivity contribution in [2.75, 3.05) is 18.6 Å². The zero-order chi connectivity index (χ0) is 13.1. The molecule has 96 valence electrons. The standard InChI is InChI=1S/C14H17BrN2O/c1-10-7-13(18-2)5-6-17(10)12-4-3-11(9-16)14(15)8-12/h3-4,8,10,13H,5-7H2,1-2H3. The molecule has 2 unspecified atom stereocenters. The normalized spacial score (nSPS) is 23.8. The van der Waals surface area contributed by atoms with Gasteiger partial charge in [0.15, 0.2) is 0 Å². The molecule has 1 aromatic rings. The molecule has 1 aliphatic heterocycles. The summed E-state index contributed by atoms with van der Waals surface area (Å²) in [7, 11) is 1.78. The second kappa shape index (κ2) is 5.73. The van der Waals surface area contributed by atoms with Crippen LogP contribution in [0.25, 0.3) is 0 Å². The van der Waals surface area contributed by atoms with E-state index in [2.05, 4.69) is 33.8 Å². The van der Waals surface area contributed by atoms with Crippen molar-refractivity contribution in [3.05, 3.63) is 28.2 Å². The van der Waals surface area contributed by atoms with Gasteiger partial charge in [-0.15, -0.1) is 0 Å². The minimum Gasteiger partial charge on any atom is -0.381 e. The highest BCUT2D eigenvalue weighted by Crippen LogP contribution is 2.29. The summed E-state index contributed by atoms with van der Waals surface area (Å²) in [5.74, 6) is 0. The minimum atomic E-state index is 0.373. The summed E-state index contributed by atoms with van der Waals surface area (Å²) in [5, 5.41) is 8.93. The highest BCUT2D eigenvalue weighted by Gasteiger charge is 2.25. The van der Waals surface area contributed by atoms with Crippen LogP contribution in [0.1, 0.15) is 25.3 Å². The van der Waals surface area contributed by atoms with E-state index in [1.165, 1.54) is 5.69 Å². The highest BCUT2D eigenvalue weighted by atomic mass is 79.9. The van der Waals surface area contributed by atoms with Crippen LogP contribution < -0.4 is 4.90 Å². The second-order valence-electron chi connectivity index (χ2n) is 4.70. The zero-order valence-corrected chi connectivity index (χ0v) is 12.3. The Labute approximate surface area is 116 Å². The molecule has 18 heavy (non-hydrogen) atoms. The van der Waals surface area contributed by atoms with Crippen LogP contribution in [0.2, 0.25) is 0 Å². The molecule has 0 aliphatic carbocycles. The molecule has 1 fully saturated rings. The summed E-state index contributed by atoms with van der Waals surface area (Å²) >= 11 is 3.45. The smallest absolute Gasteiger partial charge is 0.100 e. The van der Waals surface area contributed by atoms with Crippen molar-refractivity contribution in [1.82, 2.24) is 0 Å². The van der Waals surface area contributed by atoms with Crippen molar-refractivity contribution in [1.29, 1.82) is 5.26 Å². The van der Waals surface area contributed by atoms with Gasteiger partial charge in [-0.1, -0.05) is 0 Å². The number of nitriles is 1. The van der Waals surface area contributed by atoms with Crippen LogP contribution in [0.3, 0.4) is 0 Å². The Morgan fingerprint density at radius 1 is 1.50 bits per heavy atom. The predicted octanol–water partition coefficient (Wildman–Crippen LogP) is 3.32.